The molecule has 2 N–H and O–H groups in total. The Hall–Kier alpha value is -1.96. The number of amides is 2. The van der Waals surface area contributed by atoms with Gasteiger partial charge in [0.25, 0.3) is 0 Å². The van der Waals surface area contributed by atoms with Gasteiger partial charge < -0.3 is 20.1 Å². The molecule has 1 fully saturated rings. The molecule has 0 radical (unpaired) electrons. The van der Waals surface area contributed by atoms with Crippen molar-refractivity contribution in [1.29, 1.82) is 0 Å². The van der Waals surface area contributed by atoms with Gasteiger partial charge in [-0.15, -0.1) is 0 Å². The lowest BCUT2D eigenvalue weighted by atomic mass is 10.1. The van der Waals surface area contributed by atoms with E-state index in [1.165, 1.54) is 17.0 Å². The van der Waals surface area contributed by atoms with Crippen molar-refractivity contribution in [2.75, 3.05) is 25.0 Å². The van der Waals surface area contributed by atoms with Crippen LogP contribution in [0, 0.1) is 6.92 Å². The summed E-state index contributed by atoms with van der Waals surface area (Å²) in [5, 5.41) is 12.2. The first-order chi connectivity index (χ1) is 10.8. The number of anilines is 1. The summed E-state index contributed by atoms with van der Waals surface area (Å²) in [7, 11) is 0. The van der Waals surface area contributed by atoms with E-state index in [2.05, 4.69) is 5.32 Å². The number of carbonyl (C=O) groups excluding carboxylic acids is 1. The van der Waals surface area contributed by atoms with E-state index in [9.17, 15) is 23.1 Å². The van der Waals surface area contributed by atoms with Gasteiger partial charge in [0.1, 0.15) is 5.75 Å². The minimum absolute atomic E-state index is 0.0683. The number of alkyl halides is 3. The second-order valence-electron chi connectivity index (χ2n) is 5.50. The van der Waals surface area contributed by atoms with Crippen molar-refractivity contribution in [2.24, 2.45) is 0 Å². The first-order valence-corrected chi connectivity index (χ1v) is 7.29. The van der Waals surface area contributed by atoms with Crippen LogP contribution in [0.15, 0.2) is 18.2 Å². The van der Waals surface area contributed by atoms with E-state index in [1.807, 2.05) is 0 Å². The first kappa shape index (κ1) is 17.4. The number of rotatable bonds is 3. The zero-order valence-corrected chi connectivity index (χ0v) is 12.7. The van der Waals surface area contributed by atoms with Crippen LogP contribution in [0.2, 0.25) is 0 Å². The highest BCUT2D eigenvalue weighted by Crippen LogP contribution is 2.27. The van der Waals surface area contributed by atoms with E-state index in [1.54, 1.807) is 13.0 Å². The fourth-order valence-electron chi connectivity index (χ4n) is 2.40. The largest absolute Gasteiger partial charge is 0.484 e. The van der Waals surface area contributed by atoms with Crippen LogP contribution in [0.1, 0.15) is 18.4 Å². The van der Waals surface area contributed by atoms with E-state index in [-0.39, 0.29) is 18.3 Å². The maximum absolute atomic E-state index is 12.2. The molecule has 2 amide bonds. The molecule has 0 unspecified atom stereocenters. The Morgan fingerprint density at radius 1 is 1.48 bits per heavy atom. The normalized spacial score (nSPS) is 18.7. The number of β-amino-alcohol motifs (C(OH)–C–C–N with tert-alkyl or cyclic N) is 1. The van der Waals surface area contributed by atoms with Crippen molar-refractivity contribution >= 4 is 11.7 Å². The predicted octanol–water partition coefficient (Wildman–Crippen LogP) is 2.92. The molecule has 0 saturated carbocycles. The first-order valence-electron chi connectivity index (χ1n) is 7.29. The number of likely N-dealkylation sites (tertiary alicyclic amines) is 1. The number of nitrogens with one attached hydrogen (secondary N) is 1. The number of aliphatic hydroxyl groups is 1. The molecule has 1 aliphatic heterocycles. The smallest absolute Gasteiger partial charge is 0.422 e. The Kier molecular flexibility index (Phi) is 5.35. The van der Waals surface area contributed by atoms with Crippen LogP contribution in [0.4, 0.5) is 23.7 Å². The number of benzene rings is 1. The van der Waals surface area contributed by atoms with E-state index < -0.39 is 18.9 Å². The molecule has 128 valence electrons. The molecule has 1 aromatic carbocycles. The number of aliphatic hydroxyl groups excluding tert-OH is 1. The third kappa shape index (κ3) is 5.02. The van der Waals surface area contributed by atoms with Gasteiger partial charge in [-0.3, -0.25) is 0 Å². The minimum atomic E-state index is -4.42. The molecular formula is C15H19F3N2O3. The average molecular weight is 332 g/mol. The quantitative estimate of drug-likeness (QED) is 0.895. The van der Waals surface area contributed by atoms with Crippen LogP contribution in [-0.4, -0.2) is 48.0 Å². The minimum Gasteiger partial charge on any atom is -0.484 e. The Bertz CT molecular complexity index is 563. The van der Waals surface area contributed by atoms with Crippen LogP contribution < -0.4 is 10.1 Å². The molecule has 1 saturated heterocycles. The summed E-state index contributed by atoms with van der Waals surface area (Å²) in [6.45, 7) is 0.970. The van der Waals surface area contributed by atoms with Crippen LogP contribution in [0.5, 0.6) is 5.75 Å². The molecule has 0 aromatic heterocycles. The second kappa shape index (κ2) is 7.08. The number of nitrogens with zero attached hydrogens (tertiary/aromatic N) is 1. The number of hydrogen-bond acceptors (Lipinski definition) is 3. The fourth-order valence-corrected chi connectivity index (χ4v) is 2.40. The summed E-state index contributed by atoms with van der Waals surface area (Å²) in [4.78, 5) is 13.7. The number of carbonyl (C=O) groups is 1. The van der Waals surface area contributed by atoms with Gasteiger partial charge in [0.2, 0.25) is 0 Å². The molecule has 8 heteroatoms. The predicted molar refractivity (Wildman–Crippen MR) is 78.6 cm³/mol. The molecule has 5 nitrogen and oxygen atoms in total. The monoisotopic (exact) mass is 332 g/mol. The Morgan fingerprint density at radius 3 is 2.87 bits per heavy atom. The van der Waals surface area contributed by atoms with Crippen molar-refractivity contribution in [3.63, 3.8) is 0 Å². The fraction of sp³-hybridized carbons (Fsp3) is 0.533. The molecule has 23 heavy (non-hydrogen) atoms. The molecule has 0 spiro atoms. The molecule has 1 aromatic rings. The molecule has 1 atom stereocenters. The van der Waals surface area contributed by atoms with E-state index in [0.29, 0.717) is 30.6 Å². The zero-order valence-electron chi connectivity index (χ0n) is 12.7. The number of ether oxygens (including phenoxy) is 1. The SMILES string of the molecule is Cc1c(NC(=O)N2CCC[C@@H](O)C2)cccc1OCC(F)(F)F. The third-order valence-corrected chi connectivity index (χ3v) is 3.60. The maximum Gasteiger partial charge on any atom is 0.422 e. The number of hydrogen-bond donors (Lipinski definition) is 2. The van der Waals surface area contributed by atoms with Crippen LogP contribution in [0.25, 0.3) is 0 Å². The highest BCUT2D eigenvalue weighted by molar-refractivity contribution is 5.90. The summed E-state index contributed by atoms with van der Waals surface area (Å²) in [5.41, 5.74) is 0.803. The summed E-state index contributed by atoms with van der Waals surface area (Å²) < 4.78 is 41.5. The lowest BCUT2D eigenvalue weighted by Gasteiger charge is -2.30. The van der Waals surface area contributed by atoms with Crippen molar-refractivity contribution in [1.82, 2.24) is 4.90 Å². The van der Waals surface area contributed by atoms with Gasteiger partial charge in [0, 0.05) is 24.3 Å². The van der Waals surface area contributed by atoms with Gasteiger partial charge in [-0.05, 0) is 31.9 Å². The summed E-state index contributed by atoms with van der Waals surface area (Å²) in [6.07, 6.45) is -3.60. The lowest BCUT2D eigenvalue weighted by molar-refractivity contribution is -0.153. The summed E-state index contributed by atoms with van der Waals surface area (Å²) >= 11 is 0. The lowest BCUT2D eigenvalue weighted by Crippen LogP contribution is -2.44. The van der Waals surface area contributed by atoms with Crippen molar-refractivity contribution < 1.29 is 27.8 Å². The van der Waals surface area contributed by atoms with Crippen molar-refractivity contribution in [3.8, 4) is 5.75 Å². The van der Waals surface area contributed by atoms with Gasteiger partial charge in [0.05, 0.1) is 6.10 Å². The highest BCUT2D eigenvalue weighted by atomic mass is 19.4. The Labute approximate surface area is 132 Å². The van der Waals surface area contributed by atoms with Gasteiger partial charge in [0.15, 0.2) is 6.61 Å². The highest BCUT2D eigenvalue weighted by Gasteiger charge is 2.29. The van der Waals surface area contributed by atoms with Gasteiger partial charge >= 0.3 is 12.2 Å². The Balaban J connectivity index is 2.03. The summed E-state index contributed by atoms with van der Waals surface area (Å²) in [5.74, 6) is 0.0683. The van der Waals surface area contributed by atoms with Crippen LogP contribution in [-0.2, 0) is 0 Å². The van der Waals surface area contributed by atoms with Crippen molar-refractivity contribution in [2.45, 2.75) is 32.0 Å². The molecule has 1 aliphatic rings. The molecule has 0 bridgehead atoms. The molecule has 1 heterocycles. The molecule has 2 rings (SSSR count). The van der Waals surface area contributed by atoms with E-state index in [0.717, 1.165) is 0 Å². The van der Waals surface area contributed by atoms with Gasteiger partial charge in [-0.2, -0.15) is 13.2 Å². The Morgan fingerprint density at radius 2 is 2.22 bits per heavy atom. The molecule has 0 aliphatic carbocycles. The van der Waals surface area contributed by atoms with E-state index in [4.69, 9.17) is 4.74 Å². The standard InChI is InChI=1S/C15H19F3N2O3/c1-10-12(5-2-6-13(10)23-9-15(16,17)18)19-14(22)20-7-3-4-11(21)8-20/h2,5-6,11,21H,3-4,7-9H2,1H3,(H,19,22)/t11-/m1/s1. The number of piperidine rings is 1. The third-order valence-electron chi connectivity index (χ3n) is 3.60. The van der Waals surface area contributed by atoms with Crippen LogP contribution >= 0.6 is 0 Å². The number of halogens is 3. The number of urea groups is 1. The van der Waals surface area contributed by atoms with Crippen molar-refractivity contribution in [3.05, 3.63) is 23.8 Å². The second-order valence-corrected chi connectivity index (χ2v) is 5.50. The van der Waals surface area contributed by atoms with E-state index >= 15 is 0 Å². The topological polar surface area (TPSA) is 61.8 Å². The van der Waals surface area contributed by atoms with Gasteiger partial charge in [-0.25, -0.2) is 4.79 Å². The zero-order chi connectivity index (χ0) is 17.0. The summed E-state index contributed by atoms with van der Waals surface area (Å²) in [6, 6.07) is 4.13. The maximum atomic E-state index is 12.2. The van der Waals surface area contributed by atoms with Crippen LogP contribution in [0.3, 0.4) is 0 Å². The average Bonchev–Trinajstić information content (AvgIpc) is 2.47. The molecular weight excluding hydrogens is 313 g/mol. The van der Waals surface area contributed by atoms with Gasteiger partial charge in [-0.1, -0.05) is 6.07 Å².